The molecular weight excluding hydrogens is 280 g/mol. The molecular formula is C19H21ClO. The van der Waals surface area contributed by atoms with Gasteiger partial charge in [-0.3, -0.25) is 4.79 Å². The Morgan fingerprint density at radius 1 is 0.952 bits per heavy atom. The van der Waals surface area contributed by atoms with Crippen molar-refractivity contribution < 1.29 is 4.79 Å². The zero-order valence-corrected chi connectivity index (χ0v) is 14.0. The van der Waals surface area contributed by atoms with Gasteiger partial charge in [0.1, 0.15) is 0 Å². The molecule has 21 heavy (non-hydrogen) atoms. The second-order valence-corrected chi connectivity index (χ2v) is 6.98. The van der Waals surface area contributed by atoms with E-state index in [4.69, 9.17) is 11.6 Å². The zero-order chi connectivity index (χ0) is 15.8. The van der Waals surface area contributed by atoms with Crippen LogP contribution in [0.5, 0.6) is 0 Å². The van der Waals surface area contributed by atoms with Crippen molar-refractivity contribution in [2.24, 2.45) is 0 Å². The minimum atomic E-state index is 0.0488. The van der Waals surface area contributed by atoms with E-state index in [9.17, 15) is 4.79 Å². The number of rotatable bonds is 2. The van der Waals surface area contributed by atoms with Crippen LogP contribution in [0.4, 0.5) is 0 Å². The van der Waals surface area contributed by atoms with E-state index in [1.54, 1.807) is 0 Å². The molecule has 0 N–H and O–H groups in total. The Bertz CT molecular complexity index is 676. The van der Waals surface area contributed by atoms with E-state index >= 15 is 0 Å². The molecule has 0 bridgehead atoms. The van der Waals surface area contributed by atoms with Crippen LogP contribution in [0.25, 0.3) is 0 Å². The summed E-state index contributed by atoms with van der Waals surface area (Å²) in [6, 6.07) is 11.6. The number of hydrogen-bond donors (Lipinski definition) is 0. The maximum absolute atomic E-state index is 12.6. The smallest absolute Gasteiger partial charge is 0.193 e. The lowest BCUT2D eigenvalue weighted by atomic mass is 9.86. The third kappa shape index (κ3) is 3.36. The highest BCUT2D eigenvalue weighted by atomic mass is 35.5. The van der Waals surface area contributed by atoms with Gasteiger partial charge in [0.25, 0.3) is 0 Å². The van der Waals surface area contributed by atoms with Crippen LogP contribution in [-0.2, 0) is 5.41 Å². The highest BCUT2D eigenvalue weighted by molar-refractivity contribution is 6.31. The van der Waals surface area contributed by atoms with Crippen LogP contribution in [0.1, 0.15) is 53.4 Å². The summed E-state index contributed by atoms with van der Waals surface area (Å²) >= 11 is 6.10. The lowest BCUT2D eigenvalue weighted by Crippen LogP contribution is -2.11. The van der Waals surface area contributed by atoms with E-state index in [1.807, 2.05) is 50.2 Å². The van der Waals surface area contributed by atoms with Gasteiger partial charge >= 0.3 is 0 Å². The Morgan fingerprint density at radius 3 is 2.05 bits per heavy atom. The number of hydrogen-bond acceptors (Lipinski definition) is 1. The second kappa shape index (κ2) is 5.65. The van der Waals surface area contributed by atoms with Gasteiger partial charge in [0, 0.05) is 16.1 Å². The fourth-order valence-electron chi connectivity index (χ4n) is 2.30. The first-order valence-corrected chi connectivity index (χ1v) is 7.50. The summed E-state index contributed by atoms with van der Waals surface area (Å²) in [4.78, 5) is 12.6. The average molecular weight is 301 g/mol. The highest BCUT2D eigenvalue weighted by Crippen LogP contribution is 2.25. The summed E-state index contributed by atoms with van der Waals surface area (Å²) in [5, 5.41) is 0.701. The van der Waals surface area contributed by atoms with Gasteiger partial charge < -0.3 is 0 Å². The molecule has 0 amide bonds. The van der Waals surface area contributed by atoms with Crippen LogP contribution in [0.3, 0.4) is 0 Å². The highest BCUT2D eigenvalue weighted by Gasteiger charge is 2.16. The van der Waals surface area contributed by atoms with Gasteiger partial charge in [0.15, 0.2) is 5.78 Å². The third-order valence-corrected chi connectivity index (χ3v) is 4.17. The van der Waals surface area contributed by atoms with Crippen molar-refractivity contribution in [3.8, 4) is 0 Å². The fourth-order valence-corrected chi connectivity index (χ4v) is 2.52. The van der Waals surface area contributed by atoms with E-state index < -0.39 is 0 Å². The third-order valence-electron chi connectivity index (χ3n) is 3.76. The van der Waals surface area contributed by atoms with Crippen molar-refractivity contribution in [1.29, 1.82) is 0 Å². The van der Waals surface area contributed by atoms with Gasteiger partial charge in [0.05, 0.1) is 0 Å². The molecule has 0 heterocycles. The topological polar surface area (TPSA) is 17.1 Å². The monoisotopic (exact) mass is 300 g/mol. The van der Waals surface area contributed by atoms with Gasteiger partial charge in [-0.15, -0.1) is 0 Å². The molecule has 1 nitrogen and oxygen atoms in total. The Hall–Kier alpha value is -1.60. The predicted octanol–water partition coefficient (Wildman–Crippen LogP) is 5.49. The molecule has 2 aromatic carbocycles. The molecule has 0 spiro atoms. The molecule has 0 aliphatic rings. The van der Waals surface area contributed by atoms with E-state index in [-0.39, 0.29) is 11.2 Å². The number of halogens is 1. The fraction of sp³-hybridized carbons (Fsp3) is 0.316. The molecule has 2 heteroatoms. The van der Waals surface area contributed by atoms with Gasteiger partial charge in [-0.25, -0.2) is 0 Å². The summed E-state index contributed by atoms with van der Waals surface area (Å²) in [6.45, 7) is 10.3. The molecule has 0 saturated carbocycles. The normalized spacial score (nSPS) is 11.5. The molecule has 0 aliphatic carbocycles. The summed E-state index contributed by atoms with van der Waals surface area (Å²) in [7, 11) is 0. The summed E-state index contributed by atoms with van der Waals surface area (Å²) in [5.74, 6) is 0.0488. The van der Waals surface area contributed by atoms with Crippen molar-refractivity contribution in [1.82, 2.24) is 0 Å². The van der Waals surface area contributed by atoms with Crippen molar-refractivity contribution in [3.63, 3.8) is 0 Å². The summed E-state index contributed by atoms with van der Waals surface area (Å²) < 4.78 is 0. The molecule has 110 valence electrons. The number of benzene rings is 2. The lowest BCUT2D eigenvalue weighted by Gasteiger charge is -2.19. The standard InChI is InChI=1S/C19H21ClO/c1-12-11-17(20)13(2)10-16(12)18(21)14-6-8-15(9-7-14)19(3,4)5/h6-11H,1-5H3. The average Bonchev–Trinajstić information content (AvgIpc) is 2.41. The SMILES string of the molecule is Cc1cc(C(=O)c2ccc(C(C)(C)C)cc2)c(C)cc1Cl. The molecule has 0 radical (unpaired) electrons. The number of ketones is 1. The Labute approximate surface area is 132 Å². The zero-order valence-electron chi connectivity index (χ0n) is 13.3. The first kappa shape index (κ1) is 15.8. The van der Waals surface area contributed by atoms with Crippen molar-refractivity contribution in [3.05, 3.63) is 69.2 Å². The summed E-state index contributed by atoms with van der Waals surface area (Å²) in [5.41, 5.74) is 4.60. The number of aryl methyl sites for hydroxylation is 2. The van der Waals surface area contributed by atoms with Crippen LogP contribution in [0.2, 0.25) is 5.02 Å². The lowest BCUT2D eigenvalue weighted by molar-refractivity contribution is 0.103. The Morgan fingerprint density at radius 2 is 1.52 bits per heavy atom. The van der Waals surface area contributed by atoms with Crippen LogP contribution < -0.4 is 0 Å². The summed E-state index contributed by atoms with van der Waals surface area (Å²) in [6.07, 6.45) is 0. The number of carbonyl (C=O) groups is 1. The second-order valence-electron chi connectivity index (χ2n) is 6.57. The Balaban J connectivity index is 2.39. The van der Waals surface area contributed by atoms with Gasteiger partial charge in [-0.1, -0.05) is 56.6 Å². The van der Waals surface area contributed by atoms with Crippen molar-refractivity contribution >= 4 is 17.4 Å². The Kier molecular flexibility index (Phi) is 4.25. The van der Waals surface area contributed by atoms with E-state index in [0.29, 0.717) is 10.6 Å². The van der Waals surface area contributed by atoms with E-state index in [0.717, 1.165) is 16.7 Å². The molecule has 0 unspecified atom stereocenters. The molecule has 0 aliphatic heterocycles. The molecule has 0 atom stereocenters. The number of carbonyl (C=O) groups excluding carboxylic acids is 1. The first-order valence-electron chi connectivity index (χ1n) is 7.12. The maximum Gasteiger partial charge on any atom is 0.193 e. The molecule has 0 saturated heterocycles. The van der Waals surface area contributed by atoms with Crippen LogP contribution in [0, 0.1) is 13.8 Å². The minimum absolute atomic E-state index is 0.0488. The quantitative estimate of drug-likeness (QED) is 0.671. The van der Waals surface area contributed by atoms with E-state index in [2.05, 4.69) is 20.8 Å². The van der Waals surface area contributed by atoms with Crippen LogP contribution in [0.15, 0.2) is 36.4 Å². The van der Waals surface area contributed by atoms with Crippen molar-refractivity contribution in [2.75, 3.05) is 0 Å². The predicted molar refractivity (Wildman–Crippen MR) is 89.5 cm³/mol. The molecule has 0 aromatic heterocycles. The van der Waals surface area contributed by atoms with Gasteiger partial charge in [-0.2, -0.15) is 0 Å². The van der Waals surface area contributed by atoms with Crippen molar-refractivity contribution in [2.45, 2.75) is 40.0 Å². The molecule has 0 fully saturated rings. The maximum atomic E-state index is 12.6. The first-order chi connectivity index (χ1) is 9.70. The molecule has 2 aromatic rings. The van der Waals surface area contributed by atoms with Crippen LogP contribution in [-0.4, -0.2) is 5.78 Å². The van der Waals surface area contributed by atoms with E-state index in [1.165, 1.54) is 5.56 Å². The van der Waals surface area contributed by atoms with Gasteiger partial charge in [0.2, 0.25) is 0 Å². The van der Waals surface area contributed by atoms with Gasteiger partial charge in [-0.05, 0) is 48.1 Å². The largest absolute Gasteiger partial charge is 0.289 e. The molecule has 2 rings (SSSR count). The minimum Gasteiger partial charge on any atom is -0.289 e. The van der Waals surface area contributed by atoms with Crippen LogP contribution >= 0.6 is 11.6 Å².